The van der Waals surface area contributed by atoms with E-state index < -0.39 is 0 Å². The number of nitrogens with zero attached hydrogens (tertiary/aromatic N) is 4. The topological polar surface area (TPSA) is 24.3 Å². The van der Waals surface area contributed by atoms with Crippen LogP contribution in [0.25, 0.3) is 0 Å². The van der Waals surface area contributed by atoms with E-state index in [0.29, 0.717) is 12.1 Å². The molecule has 0 amide bonds. The molecule has 0 unspecified atom stereocenters. The van der Waals surface area contributed by atoms with Crippen LogP contribution in [0.15, 0.2) is 6.20 Å². The number of rotatable bonds is 5. The largest absolute Gasteiger partial charge is 0.296 e. The zero-order chi connectivity index (χ0) is 15.0. The van der Waals surface area contributed by atoms with Gasteiger partial charge in [-0.3, -0.25) is 14.5 Å². The molecule has 1 aliphatic carbocycles. The molecule has 1 aliphatic heterocycles. The summed E-state index contributed by atoms with van der Waals surface area (Å²) in [6.45, 7) is 11.6. The van der Waals surface area contributed by atoms with E-state index >= 15 is 0 Å². The Labute approximate surface area is 129 Å². The Kier molecular flexibility index (Phi) is 4.36. The van der Waals surface area contributed by atoms with E-state index in [1.807, 2.05) is 0 Å². The standard InChI is InChI=1S/C17H30N4/c1-5-16-12-20(8-9-21(16)13(2)3)11-15-10-18-19(4)17(15)14-6-7-14/h10,13-14,16H,5-9,11-12H2,1-4H3/t16-/m0/s1. The number of piperazine rings is 1. The van der Waals surface area contributed by atoms with Gasteiger partial charge in [-0.15, -0.1) is 0 Å². The highest BCUT2D eigenvalue weighted by Crippen LogP contribution is 2.41. The normalized spacial score (nSPS) is 24.9. The van der Waals surface area contributed by atoms with Crippen LogP contribution in [-0.2, 0) is 13.6 Å². The molecule has 0 radical (unpaired) electrons. The third kappa shape index (κ3) is 3.16. The van der Waals surface area contributed by atoms with Gasteiger partial charge in [-0.25, -0.2) is 0 Å². The van der Waals surface area contributed by atoms with Gasteiger partial charge in [0.15, 0.2) is 0 Å². The molecule has 4 nitrogen and oxygen atoms in total. The van der Waals surface area contributed by atoms with Crippen LogP contribution in [0.2, 0.25) is 0 Å². The van der Waals surface area contributed by atoms with Gasteiger partial charge in [0.1, 0.15) is 0 Å². The molecule has 0 spiro atoms. The average Bonchev–Trinajstić information content (AvgIpc) is 3.23. The Balaban J connectivity index is 1.66. The van der Waals surface area contributed by atoms with Crippen molar-refractivity contribution in [1.82, 2.24) is 19.6 Å². The predicted octanol–water partition coefficient (Wildman–Crippen LogP) is 2.60. The fourth-order valence-corrected chi connectivity index (χ4v) is 3.86. The van der Waals surface area contributed by atoms with Gasteiger partial charge in [-0.2, -0.15) is 5.10 Å². The third-order valence-electron chi connectivity index (χ3n) is 5.17. The summed E-state index contributed by atoms with van der Waals surface area (Å²) < 4.78 is 2.11. The van der Waals surface area contributed by atoms with Gasteiger partial charge in [0.25, 0.3) is 0 Å². The lowest BCUT2D eigenvalue weighted by Gasteiger charge is -2.43. The average molecular weight is 290 g/mol. The molecule has 3 rings (SSSR count). The van der Waals surface area contributed by atoms with Crippen molar-refractivity contribution in [3.63, 3.8) is 0 Å². The molecular formula is C17H30N4. The second kappa shape index (κ2) is 6.09. The van der Waals surface area contributed by atoms with Crippen molar-refractivity contribution in [2.45, 2.75) is 64.6 Å². The highest BCUT2D eigenvalue weighted by molar-refractivity contribution is 5.25. The Bertz CT molecular complexity index is 475. The quantitative estimate of drug-likeness (QED) is 0.833. The first-order valence-corrected chi connectivity index (χ1v) is 8.59. The Hall–Kier alpha value is -0.870. The lowest BCUT2D eigenvalue weighted by molar-refractivity contribution is 0.0455. The van der Waals surface area contributed by atoms with Crippen molar-refractivity contribution in [3.05, 3.63) is 17.5 Å². The molecule has 0 aromatic carbocycles. The minimum Gasteiger partial charge on any atom is -0.296 e. The molecule has 2 aliphatic rings. The fraction of sp³-hybridized carbons (Fsp3) is 0.824. The lowest BCUT2D eigenvalue weighted by atomic mass is 10.1. The van der Waals surface area contributed by atoms with Gasteiger partial charge < -0.3 is 0 Å². The summed E-state index contributed by atoms with van der Waals surface area (Å²) in [5.74, 6) is 0.784. The monoisotopic (exact) mass is 290 g/mol. The first kappa shape index (κ1) is 15.0. The first-order chi connectivity index (χ1) is 10.1. The minimum atomic E-state index is 0.664. The molecule has 2 heterocycles. The molecule has 1 saturated heterocycles. The van der Waals surface area contributed by atoms with E-state index in [1.54, 1.807) is 0 Å². The number of hydrogen-bond donors (Lipinski definition) is 0. The van der Waals surface area contributed by atoms with E-state index in [2.05, 4.69) is 53.6 Å². The van der Waals surface area contributed by atoms with Crippen molar-refractivity contribution >= 4 is 0 Å². The van der Waals surface area contributed by atoms with Crippen molar-refractivity contribution in [1.29, 1.82) is 0 Å². The van der Waals surface area contributed by atoms with Crippen LogP contribution in [0.5, 0.6) is 0 Å². The van der Waals surface area contributed by atoms with Gasteiger partial charge in [-0.1, -0.05) is 6.92 Å². The zero-order valence-electron chi connectivity index (χ0n) is 14.0. The van der Waals surface area contributed by atoms with Gasteiger partial charge in [-0.05, 0) is 33.1 Å². The van der Waals surface area contributed by atoms with E-state index in [9.17, 15) is 0 Å². The van der Waals surface area contributed by atoms with Gasteiger partial charge in [0, 0.05) is 62.5 Å². The molecule has 1 saturated carbocycles. The third-order valence-corrected chi connectivity index (χ3v) is 5.17. The summed E-state index contributed by atoms with van der Waals surface area (Å²) in [5, 5.41) is 4.51. The van der Waals surface area contributed by atoms with Crippen LogP contribution >= 0.6 is 0 Å². The molecule has 2 fully saturated rings. The van der Waals surface area contributed by atoms with Crippen LogP contribution in [0.3, 0.4) is 0 Å². The van der Waals surface area contributed by atoms with Crippen LogP contribution in [0.4, 0.5) is 0 Å². The molecule has 21 heavy (non-hydrogen) atoms. The molecule has 4 heteroatoms. The predicted molar refractivity (Wildman–Crippen MR) is 86.4 cm³/mol. The molecule has 0 bridgehead atoms. The van der Waals surface area contributed by atoms with Crippen molar-refractivity contribution < 1.29 is 0 Å². The zero-order valence-corrected chi connectivity index (χ0v) is 14.0. The maximum absolute atomic E-state index is 4.51. The van der Waals surface area contributed by atoms with Crippen molar-refractivity contribution in [3.8, 4) is 0 Å². The number of aromatic nitrogens is 2. The number of aryl methyl sites for hydroxylation is 1. The SMILES string of the molecule is CC[C@H]1CN(Cc2cnn(C)c2C2CC2)CCN1C(C)C. The molecular weight excluding hydrogens is 260 g/mol. The van der Waals surface area contributed by atoms with E-state index in [0.717, 1.165) is 12.5 Å². The Morgan fingerprint density at radius 3 is 2.67 bits per heavy atom. The van der Waals surface area contributed by atoms with Crippen molar-refractivity contribution in [2.24, 2.45) is 7.05 Å². The highest BCUT2D eigenvalue weighted by Gasteiger charge is 2.31. The van der Waals surface area contributed by atoms with Gasteiger partial charge >= 0.3 is 0 Å². The fourth-order valence-electron chi connectivity index (χ4n) is 3.86. The summed E-state index contributed by atoms with van der Waals surface area (Å²) in [4.78, 5) is 5.30. The Morgan fingerprint density at radius 2 is 2.05 bits per heavy atom. The summed E-state index contributed by atoms with van der Waals surface area (Å²) in [6, 6.07) is 1.37. The maximum Gasteiger partial charge on any atom is 0.0537 e. The summed E-state index contributed by atoms with van der Waals surface area (Å²) in [6.07, 6.45) is 6.05. The Morgan fingerprint density at radius 1 is 1.29 bits per heavy atom. The van der Waals surface area contributed by atoms with Gasteiger partial charge in [0.2, 0.25) is 0 Å². The summed E-state index contributed by atoms with van der Waals surface area (Å²) >= 11 is 0. The van der Waals surface area contributed by atoms with E-state index in [4.69, 9.17) is 0 Å². The molecule has 1 aromatic heterocycles. The second-order valence-electron chi connectivity index (χ2n) is 7.08. The molecule has 0 N–H and O–H groups in total. The van der Waals surface area contributed by atoms with Crippen molar-refractivity contribution in [2.75, 3.05) is 19.6 Å². The summed E-state index contributed by atoms with van der Waals surface area (Å²) in [7, 11) is 2.10. The molecule has 1 aromatic rings. The first-order valence-electron chi connectivity index (χ1n) is 8.59. The highest BCUT2D eigenvalue weighted by atomic mass is 15.3. The number of hydrogen-bond acceptors (Lipinski definition) is 3. The molecule has 118 valence electrons. The van der Waals surface area contributed by atoms with E-state index in [1.165, 1.54) is 50.2 Å². The van der Waals surface area contributed by atoms with Crippen LogP contribution in [0.1, 0.15) is 57.2 Å². The van der Waals surface area contributed by atoms with Crippen LogP contribution in [-0.4, -0.2) is 51.3 Å². The lowest BCUT2D eigenvalue weighted by Crippen LogP contribution is -2.54. The van der Waals surface area contributed by atoms with E-state index in [-0.39, 0.29) is 0 Å². The summed E-state index contributed by atoms with van der Waals surface area (Å²) in [5.41, 5.74) is 2.96. The smallest absolute Gasteiger partial charge is 0.0537 e. The van der Waals surface area contributed by atoms with Crippen LogP contribution < -0.4 is 0 Å². The maximum atomic E-state index is 4.51. The minimum absolute atomic E-state index is 0.664. The molecule has 1 atom stereocenters. The van der Waals surface area contributed by atoms with Gasteiger partial charge in [0.05, 0.1) is 6.20 Å². The van der Waals surface area contributed by atoms with Crippen LogP contribution in [0, 0.1) is 0 Å². The second-order valence-corrected chi connectivity index (χ2v) is 7.08.